The zero-order valence-corrected chi connectivity index (χ0v) is 11.1. The molecule has 0 aliphatic carbocycles. The number of rotatable bonds is 3. The molecule has 2 aliphatic heterocycles. The van der Waals surface area contributed by atoms with Crippen molar-refractivity contribution in [2.45, 2.75) is 18.9 Å². The van der Waals surface area contributed by atoms with Gasteiger partial charge in [0.05, 0.1) is 0 Å². The predicted molar refractivity (Wildman–Crippen MR) is 69.7 cm³/mol. The van der Waals surface area contributed by atoms with Crippen LogP contribution < -0.4 is 5.32 Å². The van der Waals surface area contributed by atoms with Crippen molar-refractivity contribution in [1.82, 2.24) is 10.2 Å². The molecule has 96 valence electrons. The summed E-state index contributed by atoms with van der Waals surface area (Å²) in [5.41, 5.74) is 1.54. The summed E-state index contributed by atoms with van der Waals surface area (Å²) >= 11 is 0. The number of hydrogen-bond donors (Lipinski definition) is 1. The van der Waals surface area contributed by atoms with Crippen molar-refractivity contribution in [2.24, 2.45) is 0 Å². The van der Waals surface area contributed by atoms with Crippen molar-refractivity contribution < 1.29 is 14.4 Å². The second-order valence-corrected chi connectivity index (χ2v) is 4.72. The predicted octanol–water partition coefficient (Wildman–Crippen LogP) is -0.00850. The van der Waals surface area contributed by atoms with Crippen LogP contribution in [-0.4, -0.2) is 41.4 Å². The van der Waals surface area contributed by atoms with Crippen molar-refractivity contribution >= 4 is 27.0 Å². The number of piperidine rings is 1. The molecule has 5 nitrogen and oxygen atoms in total. The van der Waals surface area contributed by atoms with Gasteiger partial charge in [0.25, 0.3) is 5.91 Å². The molecule has 0 spiro atoms. The molecule has 0 aromatic carbocycles. The molecule has 2 rings (SSSR count). The molecule has 0 saturated carbocycles. The van der Waals surface area contributed by atoms with E-state index in [2.05, 4.69) is 21.1 Å². The van der Waals surface area contributed by atoms with Crippen LogP contribution in [0.4, 0.5) is 0 Å². The third-order valence-corrected chi connectivity index (χ3v) is 3.69. The zero-order chi connectivity index (χ0) is 13.3. The molecule has 2 aliphatic rings. The first kappa shape index (κ1) is 13.0. The molecule has 2 atom stereocenters. The van der Waals surface area contributed by atoms with E-state index in [0.29, 0.717) is 24.7 Å². The molecule has 0 bridgehead atoms. The Morgan fingerprint density at radius 3 is 2.67 bits per heavy atom. The van der Waals surface area contributed by atoms with Crippen molar-refractivity contribution in [3.8, 4) is 0 Å². The lowest BCUT2D eigenvalue weighted by molar-refractivity contribution is -0.142. The molecule has 1 saturated heterocycles. The van der Waals surface area contributed by atoms with Crippen molar-refractivity contribution in [2.75, 3.05) is 12.7 Å². The maximum atomic E-state index is 12.2. The van der Waals surface area contributed by atoms with Crippen LogP contribution in [0, 0.1) is 0 Å². The quantitative estimate of drug-likeness (QED) is 0.577. The maximum Gasteiger partial charge on any atom is 0.251 e. The van der Waals surface area contributed by atoms with Gasteiger partial charge in [0, 0.05) is 18.5 Å². The van der Waals surface area contributed by atoms with Gasteiger partial charge in [0.15, 0.2) is 0 Å². The molecular formula is C12H15N2O3P. The first-order chi connectivity index (χ1) is 8.58. The van der Waals surface area contributed by atoms with E-state index in [0.717, 1.165) is 5.57 Å². The van der Waals surface area contributed by atoms with Crippen molar-refractivity contribution in [3.63, 3.8) is 0 Å². The van der Waals surface area contributed by atoms with Gasteiger partial charge in [-0.15, -0.1) is 9.24 Å². The van der Waals surface area contributed by atoms with Gasteiger partial charge in [0.2, 0.25) is 11.8 Å². The minimum absolute atomic E-state index is 0.130. The molecule has 1 N–H and O–H groups in total. The second kappa shape index (κ2) is 5.02. The number of carbonyl (C=O) groups is 3. The Morgan fingerprint density at radius 2 is 2.17 bits per heavy atom. The highest BCUT2D eigenvalue weighted by Gasteiger charge is 2.38. The Morgan fingerprint density at radius 1 is 1.44 bits per heavy atom. The SMILES string of the molecule is C=CC1=C(CP)C(=O)N(C2CCC(=O)NC2=O)C1. The van der Waals surface area contributed by atoms with Gasteiger partial charge < -0.3 is 4.90 Å². The van der Waals surface area contributed by atoms with Crippen LogP contribution >= 0.6 is 9.24 Å². The molecule has 0 radical (unpaired) electrons. The van der Waals surface area contributed by atoms with Gasteiger partial charge in [-0.1, -0.05) is 12.7 Å². The van der Waals surface area contributed by atoms with Crippen LogP contribution in [0.5, 0.6) is 0 Å². The summed E-state index contributed by atoms with van der Waals surface area (Å²) in [5.74, 6) is -0.784. The average molecular weight is 266 g/mol. The Balaban J connectivity index is 2.18. The van der Waals surface area contributed by atoms with E-state index >= 15 is 0 Å². The third-order valence-electron chi connectivity index (χ3n) is 3.28. The summed E-state index contributed by atoms with van der Waals surface area (Å²) in [6, 6.07) is -0.542. The van der Waals surface area contributed by atoms with Gasteiger partial charge in [-0.2, -0.15) is 0 Å². The van der Waals surface area contributed by atoms with Crippen LogP contribution in [0.3, 0.4) is 0 Å². The van der Waals surface area contributed by atoms with E-state index in [1.54, 1.807) is 6.08 Å². The summed E-state index contributed by atoms with van der Waals surface area (Å²) < 4.78 is 0. The van der Waals surface area contributed by atoms with Gasteiger partial charge in [0.1, 0.15) is 6.04 Å². The van der Waals surface area contributed by atoms with Crippen LogP contribution in [-0.2, 0) is 14.4 Å². The second-order valence-electron chi connectivity index (χ2n) is 4.31. The fraction of sp³-hybridized carbons (Fsp3) is 0.417. The standard InChI is InChI=1S/C12H15N2O3P/c1-2-7-5-14(12(17)8(7)6-18)9-3-4-10(15)13-11(9)16/h2,9H,1,3-6,18H2,(H,13,15,16). The number of nitrogens with zero attached hydrogens (tertiary/aromatic N) is 1. The summed E-state index contributed by atoms with van der Waals surface area (Å²) in [5, 5.41) is 2.27. The highest BCUT2D eigenvalue weighted by molar-refractivity contribution is 7.17. The van der Waals surface area contributed by atoms with Crippen molar-refractivity contribution in [1.29, 1.82) is 0 Å². The number of nitrogens with one attached hydrogen (secondary N) is 1. The van der Waals surface area contributed by atoms with Crippen LogP contribution in [0.25, 0.3) is 0 Å². The van der Waals surface area contributed by atoms with Crippen molar-refractivity contribution in [3.05, 3.63) is 23.8 Å². The highest BCUT2D eigenvalue weighted by Crippen LogP contribution is 2.26. The molecule has 18 heavy (non-hydrogen) atoms. The van der Waals surface area contributed by atoms with Gasteiger partial charge >= 0.3 is 0 Å². The van der Waals surface area contributed by atoms with Crippen LogP contribution in [0.2, 0.25) is 0 Å². The summed E-state index contributed by atoms with van der Waals surface area (Å²) in [7, 11) is 2.51. The molecule has 0 aromatic heterocycles. The fourth-order valence-electron chi connectivity index (χ4n) is 2.30. The fourth-order valence-corrected chi connectivity index (χ4v) is 2.74. The average Bonchev–Trinajstić information content (AvgIpc) is 2.66. The lowest BCUT2D eigenvalue weighted by atomic mass is 10.0. The Kier molecular flexibility index (Phi) is 3.62. The molecular weight excluding hydrogens is 251 g/mol. The Labute approximate surface area is 107 Å². The summed E-state index contributed by atoms with van der Waals surface area (Å²) in [6.45, 7) is 4.09. The van der Waals surface area contributed by atoms with E-state index in [1.807, 2.05) is 0 Å². The number of amides is 3. The highest BCUT2D eigenvalue weighted by atomic mass is 31.0. The van der Waals surface area contributed by atoms with Gasteiger partial charge in [-0.25, -0.2) is 0 Å². The maximum absolute atomic E-state index is 12.2. The third kappa shape index (κ3) is 2.10. The zero-order valence-electron chi connectivity index (χ0n) is 9.94. The molecule has 3 amide bonds. The molecule has 2 heterocycles. The first-order valence-corrected chi connectivity index (χ1v) is 6.59. The molecule has 0 aromatic rings. The number of imide groups is 1. The van der Waals surface area contributed by atoms with E-state index < -0.39 is 6.04 Å². The first-order valence-electron chi connectivity index (χ1n) is 5.77. The molecule has 2 unspecified atom stereocenters. The van der Waals surface area contributed by atoms with E-state index in [4.69, 9.17) is 0 Å². The topological polar surface area (TPSA) is 66.5 Å². The van der Waals surface area contributed by atoms with Gasteiger partial charge in [-0.05, 0) is 18.2 Å². The largest absolute Gasteiger partial charge is 0.323 e. The lowest BCUT2D eigenvalue weighted by Crippen LogP contribution is -2.53. The monoisotopic (exact) mass is 266 g/mol. The van der Waals surface area contributed by atoms with Crippen LogP contribution in [0.1, 0.15) is 12.8 Å². The summed E-state index contributed by atoms with van der Waals surface area (Å²) in [6.07, 6.45) is 2.87. The van der Waals surface area contributed by atoms with E-state index in [-0.39, 0.29) is 24.1 Å². The number of hydrogen-bond acceptors (Lipinski definition) is 3. The number of carbonyl (C=O) groups excluding carboxylic acids is 3. The lowest BCUT2D eigenvalue weighted by Gasteiger charge is -2.29. The van der Waals surface area contributed by atoms with E-state index in [9.17, 15) is 14.4 Å². The molecule has 1 fully saturated rings. The minimum Gasteiger partial charge on any atom is -0.323 e. The minimum atomic E-state index is -0.542. The smallest absolute Gasteiger partial charge is 0.251 e. The normalized spacial score (nSPS) is 24.6. The van der Waals surface area contributed by atoms with Gasteiger partial charge in [-0.3, -0.25) is 19.7 Å². The van der Waals surface area contributed by atoms with E-state index in [1.165, 1.54) is 4.90 Å². The molecule has 6 heteroatoms. The van der Waals surface area contributed by atoms with Crippen LogP contribution in [0.15, 0.2) is 23.8 Å². The Hall–Kier alpha value is -1.48. The summed E-state index contributed by atoms with van der Waals surface area (Å²) in [4.78, 5) is 36.5. The Bertz CT molecular complexity index is 470.